The van der Waals surface area contributed by atoms with Gasteiger partial charge in [-0.25, -0.2) is 0 Å². The number of nitrogens with zero attached hydrogens (tertiary/aromatic N) is 1. The number of aliphatic hydroxyl groups excluding tert-OH is 1. The second-order valence-corrected chi connectivity index (χ2v) is 7.28. The fourth-order valence-corrected chi connectivity index (χ4v) is 4.33. The highest BCUT2D eigenvalue weighted by molar-refractivity contribution is 5.14. The molecule has 2 fully saturated rings. The third-order valence-electron chi connectivity index (χ3n) is 5.73. The summed E-state index contributed by atoms with van der Waals surface area (Å²) >= 11 is 0. The largest absolute Gasteiger partial charge is 0.391 e. The van der Waals surface area contributed by atoms with E-state index in [1.807, 2.05) is 0 Å². The molecule has 1 saturated carbocycles. The summed E-state index contributed by atoms with van der Waals surface area (Å²) in [6.45, 7) is 2.41. The van der Waals surface area contributed by atoms with Gasteiger partial charge >= 0.3 is 0 Å². The van der Waals surface area contributed by atoms with Gasteiger partial charge in [0.2, 0.25) is 0 Å². The minimum absolute atomic E-state index is 0.0663. The number of likely N-dealkylation sites (tertiary alicyclic amines) is 1. The van der Waals surface area contributed by atoms with E-state index >= 15 is 0 Å². The second kappa shape index (κ2) is 8.12. The Bertz CT molecular complexity index is 425. The van der Waals surface area contributed by atoms with Crippen LogP contribution in [0.2, 0.25) is 0 Å². The highest BCUT2D eigenvalue weighted by Gasteiger charge is 2.31. The van der Waals surface area contributed by atoms with Crippen LogP contribution in [0.1, 0.15) is 56.9 Å². The standard InChI is InChI=1S/C20H31NO/c22-20-12-5-4-11-19(20)21-15-13-18(14-16-21)10-6-9-17-7-2-1-3-8-17/h1-3,7-8,18-20,22H,4-6,9-16H2. The monoisotopic (exact) mass is 301 g/mol. The molecule has 1 heterocycles. The summed E-state index contributed by atoms with van der Waals surface area (Å²) in [5.41, 5.74) is 1.48. The van der Waals surface area contributed by atoms with Crippen molar-refractivity contribution in [2.75, 3.05) is 13.1 Å². The van der Waals surface area contributed by atoms with Crippen LogP contribution >= 0.6 is 0 Å². The fraction of sp³-hybridized carbons (Fsp3) is 0.700. The van der Waals surface area contributed by atoms with Crippen molar-refractivity contribution in [1.82, 2.24) is 4.90 Å². The molecule has 0 amide bonds. The Labute approximate surface area is 135 Å². The van der Waals surface area contributed by atoms with Crippen LogP contribution in [-0.2, 0) is 6.42 Å². The Morgan fingerprint density at radius 1 is 0.955 bits per heavy atom. The third-order valence-corrected chi connectivity index (χ3v) is 5.73. The maximum atomic E-state index is 10.2. The van der Waals surface area contributed by atoms with Gasteiger partial charge in [0.1, 0.15) is 0 Å². The molecule has 2 unspecified atom stereocenters. The first-order chi connectivity index (χ1) is 10.8. The van der Waals surface area contributed by atoms with Crippen LogP contribution in [0.25, 0.3) is 0 Å². The van der Waals surface area contributed by atoms with Crippen molar-refractivity contribution < 1.29 is 5.11 Å². The van der Waals surface area contributed by atoms with Gasteiger partial charge in [0, 0.05) is 6.04 Å². The normalized spacial score (nSPS) is 27.9. The van der Waals surface area contributed by atoms with Crippen LogP contribution < -0.4 is 0 Å². The molecule has 2 heteroatoms. The van der Waals surface area contributed by atoms with Crippen LogP contribution in [-0.4, -0.2) is 35.2 Å². The lowest BCUT2D eigenvalue weighted by Gasteiger charge is -2.41. The summed E-state index contributed by atoms with van der Waals surface area (Å²) in [6.07, 6.45) is 11.3. The molecule has 1 aliphatic carbocycles. The van der Waals surface area contributed by atoms with Gasteiger partial charge in [-0.2, -0.15) is 0 Å². The average Bonchev–Trinajstić information content (AvgIpc) is 2.57. The number of piperidine rings is 1. The molecule has 1 aromatic rings. The molecule has 22 heavy (non-hydrogen) atoms. The minimum atomic E-state index is -0.0663. The van der Waals surface area contributed by atoms with E-state index in [4.69, 9.17) is 0 Å². The highest BCUT2D eigenvalue weighted by Crippen LogP contribution is 2.29. The number of benzene rings is 1. The predicted octanol–water partition coefficient (Wildman–Crippen LogP) is 4.02. The number of rotatable bonds is 5. The lowest BCUT2D eigenvalue weighted by Crippen LogP contribution is -2.48. The van der Waals surface area contributed by atoms with Crippen LogP contribution in [0.5, 0.6) is 0 Å². The molecular weight excluding hydrogens is 270 g/mol. The zero-order chi connectivity index (χ0) is 15.2. The van der Waals surface area contributed by atoms with Crippen molar-refractivity contribution in [2.24, 2.45) is 5.92 Å². The summed E-state index contributed by atoms with van der Waals surface area (Å²) in [4.78, 5) is 2.58. The lowest BCUT2D eigenvalue weighted by atomic mass is 9.86. The molecule has 1 aliphatic heterocycles. The van der Waals surface area contributed by atoms with E-state index in [0.29, 0.717) is 6.04 Å². The van der Waals surface area contributed by atoms with E-state index in [1.165, 1.54) is 70.0 Å². The highest BCUT2D eigenvalue weighted by atomic mass is 16.3. The summed E-state index contributed by atoms with van der Waals surface area (Å²) in [5.74, 6) is 0.903. The van der Waals surface area contributed by atoms with E-state index in [9.17, 15) is 5.11 Å². The molecule has 1 saturated heterocycles. The average molecular weight is 301 g/mol. The van der Waals surface area contributed by atoms with E-state index in [2.05, 4.69) is 35.2 Å². The molecule has 0 spiro atoms. The summed E-state index contributed by atoms with van der Waals surface area (Å²) in [6, 6.07) is 11.3. The Kier molecular flexibility index (Phi) is 5.91. The van der Waals surface area contributed by atoms with Gasteiger partial charge in [-0.1, -0.05) is 49.6 Å². The number of aryl methyl sites for hydroxylation is 1. The van der Waals surface area contributed by atoms with Crippen molar-refractivity contribution in [3.63, 3.8) is 0 Å². The topological polar surface area (TPSA) is 23.5 Å². The molecule has 122 valence electrons. The van der Waals surface area contributed by atoms with Crippen molar-refractivity contribution in [3.8, 4) is 0 Å². The molecule has 0 bridgehead atoms. The van der Waals surface area contributed by atoms with Gasteiger partial charge in [-0.15, -0.1) is 0 Å². The third kappa shape index (κ3) is 4.33. The molecule has 0 radical (unpaired) electrons. The van der Waals surface area contributed by atoms with Crippen molar-refractivity contribution in [3.05, 3.63) is 35.9 Å². The van der Waals surface area contributed by atoms with Crippen LogP contribution in [0.3, 0.4) is 0 Å². The first kappa shape index (κ1) is 16.0. The smallest absolute Gasteiger partial charge is 0.0695 e. The van der Waals surface area contributed by atoms with Crippen LogP contribution in [0.4, 0.5) is 0 Å². The van der Waals surface area contributed by atoms with Crippen molar-refractivity contribution in [1.29, 1.82) is 0 Å². The van der Waals surface area contributed by atoms with E-state index < -0.39 is 0 Å². The Hall–Kier alpha value is -0.860. The number of hydrogen-bond donors (Lipinski definition) is 1. The lowest BCUT2D eigenvalue weighted by molar-refractivity contribution is 0.00332. The summed E-state index contributed by atoms with van der Waals surface area (Å²) in [7, 11) is 0. The van der Waals surface area contributed by atoms with Crippen molar-refractivity contribution >= 4 is 0 Å². The zero-order valence-electron chi connectivity index (χ0n) is 13.8. The van der Waals surface area contributed by atoms with Gasteiger partial charge in [-0.3, -0.25) is 4.90 Å². The first-order valence-corrected chi connectivity index (χ1v) is 9.29. The molecular formula is C20H31NO. The van der Waals surface area contributed by atoms with Gasteiger partial charge in [0.15, 0.2) is 0 Å². The molecule has 2 nitrogen and oxygen atoms in total. The Morgan fingerprint density at radius 2 is 1.68 bits per heavy atom. The van der Waals surface area contributed by atoms with E-state index in [0.717, 1.165) is 12.3 Å². The quantitative estimate of drug-likeness (QED) is 0.888. The second-order valence-electron chi connectivity index (χ2n) is 7.28. The SMILES string of the molecule is OC1CCCCC1N1CCC(CCCc2ccccc2)CC1. The molecule has 1 aromatic carbocycles. The maximum Gasteiger partial charge on any atom is 0.0695 e. The van der Waals surface area contributed by atoms with Crippen LogP contribution in [0, 0.1) is 5.92 Å². The first-order valence-electron chi connectivity index (χ1n) is 9.29. The van der Waals surface area contributed by atoms with Gasteiger partial charge in [0.05, 0.1) is 6.10 Å². The summed E-state index contributed by atoms with van der Waals surface area (Å²) < 4.78 is 0. The number of aliphatic hydroxyl groups is 1. The number of hydrogen-bond acceptors (Lipinski definition) is 2. The predicted molar refractivity (Wildman–Crippen MR) is 91.9 cm³/mol. The molecule has 2 atom stereocenters. The van der Waals surface area contributed by atoms with E-state index in [-0.39, 0.29) is 6.10 Å². The fourth-order valence-electron chi connectivity index (χ4n) is 4.33. The molecule has 3 rings (SSSR count). The van der Waals surface area contributed by atoms with Crippen molar-refractivity contribution in [2.45, 2.75) is 69.9 Å². The molecule has 0 aromatic heterocycles. The van der Waals surface area contributed by atoms with Crippen LogP contribution in [0.15, 0.2) is 30.3 Å². The maximum absolute atomic E-state index is 10.2. The van der Waals surface area contributed by atoms with Gasteiger partial charge < -0.3 is 5.11 Å². The Balaban J connectivity index is 1.36. The van der Waals surface area contributed by atoms with E-state index in [1.54, 1.807) is 0 Å². The summed E-state index contributed by atoms with van der Waals surface area (Å²) in [5, 5.41) is 10.2. The minimum Gasteiger partial charge on any atom is -0.391 e. The molecule has 2 aliphatic rings. The van der Waals surface area contributed by atoms with Gasteiger partial charge in [-0.05, 0) is 63.1 Å². The molecule has 1 N–H and O–H groups in total. The van der Waals surface area contributed by atoms with Gasteiger partial charge in [0.25, 0.3) is 0 Å². The zero-order valence-corrected chi connectivity index (χ0v) is 13.8. The Morgan fingerprint density at radius 3 is 2.41 bits per heavy atom.